The third kappa shape index (κ3) is 7.75. The van der Waals surface area contributed by atoms with E-state index in [1.165, 1.54) is 4.90 Å². The number of hydrogen-bond donors (Lipinski definition) is 1. The summed E-state index contributed by atoms with van der Waals surface area (Å²) in [5, 5.41) is 2.90. The number of carbonyl (C=O) groups excluding carboxylic acids is 2. The van der Waals surface area contributed by atoms with Crippen molar-refractivity contribution in [2.24, 2.45) is 5.92 Å². The Hall–Kier alpha value is -2.74. The summed E-state index contributed by atoms with van der Waals surface area (Å²) in [5.74, 6) is 1.35. The van der Waals surface area contributed by atoms with Gasteiger partial charge in [0.2, 0.25) is 5.91 Å². The molecule has 174 valence electrons. The number of nitrogens with one attached hydrogen (secondary N) is 1. The van der Waals surface area contributed by atoms with Crippen LogP contribution in [-0.4, -0.2) is 50.1 Å². The minimum atomic E-state index is -0.663. The highest BCUT2D eigenvalue weighted by Crippen LogP contribution is 2.27. The largest absolute Gasteiger partial charge is 0.496 e. The van der Waals surface area contributed by atoms with E-state index in [0.717, 1.165) is 10.0 Å². The van der Waals surface area contributed by atoms with Gasteiger partial charge in [0.1, 0.15) is 23.3 Å². The van der Waals surface area contributed by atoms with Gasteiger partial charge in [-0.05, 0) is 30.5 Å². The number of methoxy groups -OCH3 is 2. The van der Waals surface area contributed by atoms with Gasteiger partial charge in [0.25, 0.3) is 5.91 Å². The van der Waals surface area contributed by atoms with E-state index in [0.29, 0.717) is 29.7 Å². The van der Waals surface area contributed by atoms with Crippen molar-refractivity contribution in [1.82, 2.24) is 10.2 Å². The topological polar surface area (TPSA) is 77.1 Å². The van der Waals surface area contributed by atoms with Gasteiger partial charge in [-0.2, -0.15) is 0 Å². The zero-order chi connectivity index (χ0) is 23.7. The molecule has 0 aliphatic rings. The van der Waals surface area contributed by atoms with Crippen molar-refractivity contribution >= 4 is 27.7 Å². The molecule has 0 aliphatic heterocycles. The molecule has 1 atom stereocenters. The molecule has 32 heavy (non-hydrogen) atoms. The van der Waals surface area contributed by atoms with Crippen LogP contribution in [0.5, 0.6) is 17.2 Å². The lowest BCUT2D eigenvalue weighted by Gasteiger charge is -2.29. The van der Waals surface area contributed by atoms with E-state index in [9.17, 15) is 9.59 Å². The van der Waals surface area contributed by atoms with E-state index in [-0.39, 0.29) is 25.0 Å². The minimum Gasteiger partial charge on any atom is -0.496 e. The molecule has 0 aromatic heterocycles. The number of hydrogen-bond acceptors (Lipinski definition) is 5. The quantitative estimate of drug-likeness (QED) is 0.497. The fraction of sp³-hybridized carbons (Fsp3) is 0.417. The summed E-state index contributed by atoms with van der Waals surface area (Å²) in [5.41, 5.74) is 0.902. The summed E-state index contributed by atoms with van der Waals surface area (Å²) in [6, 6.07) is 12.0. The molecule has 2 aromatic rings. The Morgan fingerprint density at radius 3 is 2.19 bits per heavy atom. The lowest BCUT2D eigenvalue weighted by molar-refractivity contribution is -0.142. The summed E-state index contributed by atoms with van der Waals surface area (Å²) in [4.78, 5) is 27.4. The maximum atomic E-state index is 13.1. The monoisotopic (exact) mass is 506 g/mol. The van der Waals surface area contributed by atoms with E-state index in [4.69, 9.17) is 14.2 Å². The van der Waals surface area contributed by atoms with Gasteiger partial charge >= 0.3 is 0 Å². The van der Waals surface area contributed by atoms with Crippen LogP contribution in [0.15, 0.2) is 46.9 Å². The van der Waals surface area contributed by atoms with Crippen molar-refractivity contribution in [2.45, 2.75) is 33.4 Å². The molecular weight excluding hydrogens is 476 g/mol. The molecule has 0 saturated carbocycles. The summed E-state index contributed by atoms with van der Waals surface area (Å²) in [6.07, 6.45) is 0. The van der Waals surface area contributed by atoms with Crippen LogP contribution in [0.25, 0.3) is 0 Å². The lowest BCUT2D eigenvalue weighted by atomic mass is 10.1. The van der Waals surface area contributed by atoms with Crippen LogP contribution in [-0.2, 0) is 16.1 Å². The Bertz CT molecular complexity index is 897. The van der Waals surface area contributed by atoms with Gasteiger partial charge < -0.3 is 24.4 Å². The molecule has 0 heterocycles. The first kappa shape index (κ1) is 25.5. The smallest absolute Gasteiger partial charge is 0.261 e. The average molecular weight is 507 g/mol. The first-order valence-corrected chi connectivity index (χ1v) is 11.2. The SMILES string of the molecule is COc1cc(OC)cc(OCC(=O)N(Cc2cccc(Br)c2)[C@@H](C)C(=O)NCC(C)C)c1. The van der Waals surface area contributed by atoms with Gasteiger partial charge in [-0.1, -0.05) is 41.9 Å². The third-order valence-corrected chi connectivity index (χ3v) is 5.27. The van der Waals surface area contributed by atoms with Gasteiger partial charge in [-0.15, -0.1) is 0 Å². The number of nitrogens with zero attached hydrogens (tertiary/aromatic N) is 1. The van der Waals surface area contributed by atoms with Crippen molar-refractivity contribution in [3.63, 3.8) is 0 Å². The molecular formula is C24H31BrN2O5. The molecule has 0 saturated heterocycles. The van der Waals surface area contributed by atoms with E-state index in [2.05, 4.69) is 21.2 Å². The van der Waals surface area contributed by atoms with Crippen LogP contribution in [0.3, 0.4) is 0 Å². The predicted molar refractivity (Wildman–Crippen MR) is 127 cm³/mol. The van der Waals surface area contributed by atoms with Crippen molar-refractivity contribution in [3.05, 3.63) is 52.5 Å². The molecule has 0 spiro atoms. The molecule has 2 amide bonds. The molecule has 0 fully saturated rings. The summed E-state index contributed by atoms with van der Waals surface area (Å²) < 4.78 is 17.1. The van der Waals surface area contributed by atoms with E-state index in [1.54, 1.807) is 39.3 Å². The number of ether oxygens (including phenoxy) is 3. The highest BCUT2D eigenvalue weighted by Gasteiger charge is 2.26. The van der Waals surface area contributed by atoms with Crippen LogP contribution in [0.1, 0.15) is 26.3 Å². The Labute approximate surface area is 198 Å². The van der Waals surface area contributed by atoms with E-state index < -0.39 is 6.04 Å². The number of carbonyl (C=O) groups is 2. The molecule has 0 unspecified atom stereocenters. The second-order valence-electron chi connectivity index (χ2n) is 7.80. The van der Waals surface area contributed by atoms with Gasteiger partial charge in [0.15, 0.2) is 6.61 Å². The zero-order valence-corrected chi connectivity index (χ0v) is 20.8. The Morgan fingerprint density at radius 1 is 1.00 bits per heavy atom. The fourth-order valence-corrected chi connectivity index (χ4v) is 3.41. The Balaban J connectivity index is 2.18. The Kier molecular flexibility index (Phi) is 9.84. The first-order chi connectivity index (χ1) is 15.2. The van der Waals surface area contributed by atoms with Crippen LogP contribution < -0.4 is 19.5 Å². The maximum Gasteiger partial charge on any atom is 0.261 e. The second kappa shape index (κ2) is 12.3. The first-order valence-electron chi connectivity index (χ1n) is 10.4. The summed E-state index contributed by atoms with van der Waals surface area (Å²) in [6.45, 7) is 6.35. The number of halogens is 1. The molecule has 0 radical (unpaired) electrons. The van der Waals surface area contributed by atoms with Gasteiger partial charge in [-0.25, -0.2) is 0 Å². The standard InChI is InChI=1S/C24H31BrN2O5/c1-16(2)13-26-24(29)17(3)27(14-18-7-6-8-19(25)9-18)23(28)15-32-22-11-20(30-4)10-21(12-22)31-5/h6-12,16-17H,13-15H2,1-5H3,(H,26,29)/t17-/m0/s1. The van der Waals surface area contributed by atoms with E-state index >= 15 is 0 Å². The average Bonchev–Trinajstić information content (AvgIpc) is 2.78. The summed E-state index contributed by atoms with van der Waals surface area (Å²) >= 11 is 3.45. The molecule has 7 nitrogen and oxygen atoms in total. The van der Waals surface area contributed by atoms with Gasteiger partial charge in [0.05, 0.1) is 14.2 Å². The van der Waals surface area contributed by atoms with Crippen LogP contribution >= 0.6 is 15.9 Å². The number of amides is 2. The maximum absolute atomic E-state index is 13.1. The molecule has 2 rings (SSSR count). The predicted octanol–water partition coefficient (Wildman–Crippen LogP) is 4.03. The van der Waals surface area contributed by atoms with Gasteiger partial charge in [0, 0.05) is 35.8 Å². The third-order valence-electron chi connectivity index (χ3n) is 4.78. The number of rotatable bonds is 11. The Morgan fingerprint density at radius 2 is 1.62 bits per heavy atom. The molecule has 2 aromatic carbocycles. The van der Waals surface area contributed by atoms with Crippen LogP contribution in [0.2, 0.25) is 0 Å². The fourth-order valence-electron chi connectivity index (χ4n) is 2.96. The highest BCUT2D eigenvalue weighted by molar-refractivity contribution is 9.10. The second-order valence-corrected chi connectivity index (χ2v) is 8.72. The lowest BCUT2D eigenvalue weighted by Crippen LogP contribution is -2.49. The molecule has 1 N–H and O–H groups in total. The minimum absolute atomic E-state index is 0.204. The van der Waals surface area contributed by atoms with Crippen LogP contribution in [0.4, 0.5) is 0 Å². The number of benzene rings is 2. The zero-order valence-electron chi connectivity index (χ0n) is 19.2. The van der Waals surface area contributed by atoms with Crippen molar-refractivity contribution in [1.29, 1.82) is 0 Å². The normalized spacial score (nSPS) is 11.6. The van der Waals surface area contributed by atoms with Gasteiger partial charge in [-0.3, -0.25) is 9.59 Å². The van der Waals surface area contributed by atoms with Crippen molar-refractivity contribution in [3.8, 4) is 17.2 Å². The molecule has 8 heteroatoms. The summed E-state index contributed by atoms with van der Waals surface area (Å²) in [7, 11) is 3.09. The van der Waals surface area contributed by atoms with E-state index in [1.807, 2.05) is 38.1 Å². The van der Waals surface area contributed by atoms with Crippen LogP contribution in [0, 0.1) is 5.92 Å². The highest BCUT2D eigenvalue weighted by atomic mass is 79.9. The van der Waals surface area contributed by atoms with Crippen molar-refractivity contribution < 1.29 is 23.8 Å². The molecule has 0 aliphatic carbocycles. The molecule has 0 bridgehead atoms. The van der Waals surface area contributed by atoms with Crippen molar-refractivity contribution in [2.75, 3.05) is 27.4 Å².